The molecule has 0 bridgehead atoms. The average molecular weight is 818 g/mol. The van der Waals surface area contributed by atoms with Crippen molar-refractivity contribution in [2.45, 2.75) is 0 Å². The Morgan fingerprint density at radius 1 is 0.266 bits per heavy atom. The van der Waals surface area contributed by atoms with Gasteiger partial charge in [0.2, 0.25) is 11.9 Å². The quantitative estimate of drug-likeness (QED) is 0.174. The normalized spacial score (nSPS) is 12.1. The molecule has 0 unspecified atom stereocenters. The molecular weight excluding hydrogens is 783 g/mol. The van der Waals surface area contributed by atoms with E-state index in [2.05, 4.69) is 212 Å². The molecule has 0 aliphatic carbocycles. The summed E-state index contributed by atoms with van der Waals surface area (Å²) in [6.45, 7) is 0. The van der Waals surface area contributed by atoms with E-state index in [0.29, 0.717) is 17.7 Å². The maximum atomic E-state index is 5.43. The van der Waals surface area contributed by atoms with Gasteiger partial charge in [-0.1, -0.05) is 146 Å². The van der Waals surface area contributed by atoms with E-state index in [-0.39, 0.29) is 0 Å². The molecule has 0 radical (unpaired) electrons. The average Bonchev–Trinajstić information content (AvgIpc) is 4.09. The lowest BCUT2D eigenvalue weighted by Crippen LogP contribution is -2.10. The van der Waals surface area contributed by atoms with E-state index >= 15 is 0 Å². The third kappa shape index (κ3) is 4.89. The minimum absolute atomic E-state index is 0.550. The van der Waals surface area contributed by atoms with Crippen LogP contribution in [-0.4, -0.2) is 33.2 Å². The highest BCUT2D eigenvalue weighted by Crippen LogP contribution is 2.43. The fraction of sp³-hybridized carbons (Fsp3) is 0. The lowest BCUT2D eigenvalue weighted by atomic mass is 10.1. The van der Waals surface area contributed by atoms with Crippen LogP contribution in [0.2, 0.25) is 0 Å². The second-order valence-electron chi connectivity index (χ2n) is 16.4. The van der Waals surface area contributed by atoms with Gasteiger partial charge in [-0.2, -0.15) is 15.0 Å². The first kappa shape index (κ1) is 34.9. The van der Waals surface area contributed by atoms with Crippen LogP contribution in [0, 0.1) is 0 Å². The molecule has 9 aromatic carbocycles. The smallest absolute Gasteiger partial charge is 0.240 e. The Balaban J connectivity index is 1.08. The summed E-state index contributed by atoms with van der Waals surface area (Å²) in [5.41, 5.74) is 11.9. The second kappa shape index (κ2) is 13.3. The first-order valence-corrected chi connectivity index (χ1v) is 21.6. The molecule has 64 heavy (non-hydrogen) atoms. The summed E-state index contributed by atoms with van der Waals surface area (Å²) in [5, 5.41) is 9.35. The number of benzene rings is 9. The molecule has 7 nitrogen and oxygen atoms in total. The Hall–Kier alpha value is -8.81. The van der Waals surface area contributed by atoms with Gasteiger partial charge in [-0.3, -0.25) is 9.13 Å². The van der Waals surface area contributed by atoms with Crippen molar-refractivity contribution < 1.29 is 0 Å². The van der Waals surface area contributed by atoms with E-state index in [4.69, 9.17) is 15.0 Å². The summed E-state index contributed by atoms with van der Waals surface area (Å²) >= 11 is 0. The van der Waals surface area contributed by atoms with Crippen molar-refractivity contribution in [3.63, 3.8) is 0 Å². The van der Waals surface area contributed by atoms with Crippen LogP contribution < -0.4 is 0 Å². The number of hydrogen-bond acceptors (Lipinski definition) is 3. The van der Waals surface area contributed by atoms with Crippen molar-refractivity contribution in [2.24, 2.45) is 0 Å². The van der Waals surface area contributed by atoms with Gasteiger partial charge in [0.1, 0.15) is 0 Å². The molecule has 0 saturated heterocycles. The summed E-state index contributed by atoms with van der Waals surface area (Å²) in [4.78, 5) is 16.0. The minimum atomic E-state index is 0.550. The van der Waals surface area contributed by atoms with Gasteiger partial charge in [-0.05, 0) is 66.7 Å². The zero-order valence-corrected chi connectivity index (χ0v) is 34.3. The second-order valence-corrected chi connectivity index (χ2v) is 16.4. The van der Waals surface area contributed by atoms with Crippen LogP contribution in [0.15, 0.2) is 212 Å². The number of aromatic nitrogens is 7. The van der Waals surface area contributed by atoms with Gasteiger partial charge in [0.05, 0.1) is 44.1 Å². The highest BCUT2D eigenvalue weighted by molar-refractivity contribution is 6.26. The lowest BCUT2D eigenvalue weighted by molar-refractivity contribution is 0.893. The Kier molecular flexibility index (Phi) is 7.27. The maximum absolute atomic E-state index is 5.43. The Labute approximate surface area is 366 Å². The first-order chi connectivity index (χ1) is 31.8. The summed E-state index contributed by atoms with van der Waals surface area (Å²) in [6, 6.07) is 75.5. The molecule has 7 heteroatoms. The largest absolute Gasteiger partial charge is 0.309 e. The number of nitrogens with zero attached hydrogens (tertiary/aromatic N) is 7. The van der Waals surface area contributed by atoms with E-state index in [1.54, 1.807) is 0 Å². The molecule has 0 N–H and O–H groups in total. The zero-order chi connectivity index (χ0) is 41.9. The predicted molar refractivity (Wildman–Crippen MR) is 263 cm³/mol. The van der Waals surface area contributed by atoms with Gasteiger partial charge in [0.25, 0.3) is 0 Å². The number of hydrogen-bond donors (Lipinski definition) is 0. The first-order valence-electron chi connectivity index (χ1n) is 21.6. The Bertz CT molecular complexity index is 4140. The van der Waals surface area contributed by atoms with Gasteiger partial charge in [-0.25, -0.2) is 0 Å². The lowest BCUT2D eigenvalue weighted by Gasteiger charge is -2.13. The van der Waals surface area contributed by atoms with Gasteiger partial charge < -0.3 is 9.13 Å². The van der Waals surface area contributed by atoms with E-state index in [0.717, 1.165) is 71.6 Å². The van der Waals surface area contributed by atoms with Gasteiger partial charge >= 0.3 is 0 Å². The van der Waals surface area contributed by atoms with Crippen LogP contribution in [-0.2, 0) is 0 Å². The maximum Gasteiger partial charge on any atom is 0.240 e. The number of para-hydroxylation sites is 6. The highest BCUT2D eigenvalue weighted by Gasteiger charge is 2.24. The summed E-state index contributed by atoms with van der Waals surface area (Å²) in [7, 11) is 0. The third-order valence-electron chi connectivity index (χ3n) is 13.0. The van der Waals surface area contributed by atoms with Crippen LogP contribution in [0.5, 0.6) is 0 Å². The Morgan fingerprint density at radius 2 is 0.703 bits per heavy atom. The molecule has 5 heterocycles. The van der Waals surface area contributed by atoms with Crippen LogP contribution in [0.4, 0.5) is 0 Å². The number of rotatable bonds is 5. The Morgan fingerprint density at radius 3 is 1.33 bits per heavy atom. The van der Waals surface area contributed by atoms with Crippen molar-refractivity contribution in [1.82, 2.24) is 33.2 Å². The molecule has 0 amide bonds. The van der Waals surface area contributed by atoms with Crippen molar-refractivity contribution in [3.05, 3.63) is 212 Å². The third-order valence-corrected chi connectivity index (χ3v) is 13.0. The van der Waals surface area contributed by atoms with Crippen LogP contribution in [0.25, 0.3) is 122 Å². The number of fused-ring (bicyclic) bond motifs is 13. The summed E-state index contributed by atoms with van der Waals surface area (Å²) < 4.78 is 9.24. The van der Waals surface area contributed by atoms with Crippen LogP contribution >= 0.6 is 0 Å². The van der Waals surface area contributed by atoms with Gasteiger partial charge in [-0.15, -0.1) is 0 Å². The molecule has 0 spiro atoms. The molecule has 0 aliphatic heterocycles. The SMILES string of the molecule is c1ccc(-c2nc(-n3c4ccccc4c4ccccc43)nc(-n3c4ccccc4c4c3ccc3c5ccccc5n(-c5ccc6c(c5)c5ccccc5n6-c5ccccc5)c34)n2)cc1. The van der Waals surface area contributed by atoms with Crippen LogP contribution in [0.3, 0.4) is 0 Å². The molecule has 14 rings (SSSR count). The van der Waals surface area contributed by atoms with Gasteiger partial charge in [0.15, 0.2) is 5.82 Å². The minimum Gasteiger partial charge on any atom is -0.309 e. The fourth-order valence-corrected chi connectivity index (χ4v) is 10.4. The van der Waals surface area contributed by atoms with Crippen molar-refractivity contribution in [1.29, 1.82) is 0 Å². The van der Waals surface area contributed by atoms with Gasteiger partial charge in [0, 0.05) is 60.0 Å². The predicted octanol–water partition coefficient (Wildman–Crippen LogP) is 13.9. The van der Waals surface area contributed by atoms with E-state index in [9.17, 15) is 0 Å². The fourth-order valence-electron chi connectivity index (χ4n) is 10.4. The molecule has 298 valence electrons. The van der Waals surface area contributed by atoms with E-state index < -0.39 is 0 Å². The monoisotopic (exact) mass is 817 g/mol. The molecule has 5 aromatic heterocycles. The molecule has 0 saturated carbocycles. The zero-order valence-electron chi connectivity index (χ0n) is 34.3. The molecule has 0 aliphatic rings. The van der Waals surface area contributed by atoms with Crippen LogP contribution in [0.1, 0.15) is 0 Å². The summed E-state index contributed by atoms with van der Waals surface area (Å²) in [5.74, 6) is 1.71. The van der Waals surface area contributed by atoms with Crippen molar-refractivity contribution in [3.8, 4) is 34.7 Å². The van der Waals surface area contributed by atoms with E-state index in [1.165, 1.54) is 32.6 Å². The highest BCUT2D eigenvalue weighted by atomic mass is 15.3. The topological polar surface area (TPSA) is 58.4 Å². The standard InChI is InChI=1S/C57H35N7/c1-3-17-36(18-4-1)55-58-56(63-48-28-14-7-21-39(48)40-22-8-15-29-49(40)63)60-57(59-55)64-50-30-16-11-25-44(50)53-52(64)34-32-43-41-23-9-13-27-47(41)62(54(43)53)38-31-33-51-45(35-38)42-24-10-12-26-46(42)61(51)37-19-5-2-6-20-37/h1-35H. The molecule has 14 aromatic rings. The molecule has 0 fully saturated rings. The van der Waals surface area contributed by atoms with E-state index in [1.807, 2.05) is 18.2 Å². The molecule has 0 atom stereocenters. The van der Waals surface area contributed by atoms with Crippen molar-refractivity contribution in [2.75, 3.05) is 0 Å². The van der Waals surface area contributed by atoms with Crippen molar-refractivity contribution >= 4 is 87.2 Å². The molecular formula is C57H35N7. The summed E-state index contributed by atoms with van der Waals surface area (Å²) in [6.07, 6.45) is 0.